The fourth-order valence-corrected chi connectivity index (χ4v) is 4.21. The molecule has 29 heavy (non-hydrogen) atoms. The van der Waals surface area contributed by atoms with E-state index in [1.54, 1.807) is 12.0 Å². The lowest BCUT2D eigenvalue weighted by molar-refractivity contribution is -0.384. The molecular weight excluding hydrogens is 394 g/mol. The highest BCUT2D eigenvalue weighted by atomic mass is 32.1. The molecule has 0 N–H and O–H groups in total. The molecule has 0 radical (unpaired) electrons. The second-order valence-electron chi connectivity index (χ2n) is 6.68. The molecule has 1 aromatic heterocycles. The largest absolute Gasteiger partial charge is 0.497 e. The van der Waals surface area contributed by atoms with E-state index in [0.29, 0.717) is 29.6 Å². The Balaban J connectivity index is 1.68. The van der Waals surface area contributed by atoms with Gasteiger partial charge in [-0.25, -0.2) is 4.98 Å². The van der Waals surface area contributed by atoms with Crippen molar-refractivity contribution in [2.24, 2.45) is 0 Å². The van der Waals surface area contributed by atoms with Crippen molar-refractivity contribution >= 4 is 38.3 Å². The van der Waals surface area contributed by atoms with Crippen molar-refractivity contribution < 1.29 is 19.2 Å². The van der Waals surface area contributed by atoms with Gasteiger partial charge in [-0.15, -0.1) is 0 Å². The number of amides is 1. The van der Waals surface area contributed by atoms with Crippen molar-refractivity contribution in [2.75, 3.05) is 25.2 Å². The van der Waals surface area contributed by atoms with Crippen molar-refractivity contribution in [3.05, 3.63) is 58.1 Å². The molecule has 2 heterocycles. The highest BCUT2D eigenvalue weighted by Gasteiger charge is 2.27. The van der Waals surface area contributed by atoms with Gasteiger partial charge >= 0.3 is 0 Å². The highest BCUT2D eigenvalue weighted by Crippen LogP contribution is 2.33. The van der Waals surface area contributed by atoms with Crippen LogP contribution in [0.4, 0.5) is 10.8 Å². The fraction of sp³-hybridized carbons (Fsp3) is 0.300. The van der Waals surface area contributed by atoms with E-state index in [1.807, 2.05) is 18.2 Å². The van der Waals surface area contributed by atoms with E-state index in [0.717, 1.165) is 23.1 Å². The van der Waals surface area contributed by atoms with Crippen LogP contribution in [-0.4, -0.2) is 42.2 Å². The zero-order valence-corrected chi connectivity index (χ0v) is 16.6. The summed E-state index contributed by atoms with van der Waals surface area (Å²) in [6, 6.07) is 11.2. The summed E-state index contributed by atoms with van der Waals surface area (Å²) >= 11 is 1.41. The summed E-state index contributed by atoms with van der Waals surface area (Å²) in [5.74, 6) is 0.433. The number of nitro groups is 1. The number of thiazole rings is 1. The number of fused-ring (bicyclic) bond motifs is 1. The maximum atomic E-state index is 13.3. The minimum atomic E-state index is -0.487. The van der Waals surface area contributed by atoms with Gasteiger partial charge in [-0.05, 0) is 37.1 Å². The molecule has 1 saturated heterocycles. The Labute approximate surface area is 170 Å². The van der Waals surface area contributed by atoms with Crippen LogP contribution >= 0.6 is 11.3 Å². The van der Waals surface area contributed by atoms with Crippen LogP contribution in [0.25, 0.3) is 10.2 Å². The van der Waals surface area contributed by atoms with E-state index in [-0.39, 0.29) is 17.7 Å². The lowest BCUT2D eigenvalue weighted by Gasteiger charge is -2.23. The molecule has 8 nitrogen and oxygen atoms in total. The maximum Gasteiger partial charge on any atom is 0.269 e. The molecule has 150 valence electrons. The number of carbonyl (C=O) groups excluding carboxylic acids is 1. The van der Waals surface area contributed by atoms with Crippen LogP contribution in [0.5, 0.6) is 5.75 Å². The molecule has 1 aliphatic rings. The van der Waals surface area contributed by atoms with Crippen LogP contribution in [0.15, 0.2) is 42.5 Å². The molecule has 0 bridgehead atoms. The van der Waals surface area contributed by atoms with E-state index in [4.69, 9.17) is 9.47 Å². The first kappa shape index (κ1) is 19.3. The Morgan fingerprint density at radius 2 is 2.14 bits per heavy atom. The molecule has 1 unspecified atom stereocenters. The van der Waals surface area contributed by atoms with Gasteiger partial charge in [0, 0.05) is 30.4 Å². The fourth-order valence-electron chi connectivity index (χ4n) is 3.26. The van der Waals surface area contributed by atoms with Crippen LogP contribution in [0.3, 0.4) is 0 Å². The van der Waals surface area contributed by atoms with Gasteiger partial charge in [0.2, 0.25) is 0 Å². The van der Waals surface area contributed by atoms with Crippen molar-refractivity contribution in [3.8, 4) is 5.75 Å². The standard InChI is InChI=1S/C20H19N3O5S/c1-27-15-8-9-18-17(11-15)21-20(29-18)22(12-16-3-2-10-28-16)19(24)13-4-6-14(7-5-13)23(25)26/h4-9,11,16H,2-3,10,12H2,1H3. The predicted molar refractivity (Wildman–Crippen MR) is 110 cm³/mol. The number of hydrogen-bond donors (Lipinski definition) is 0. The van der Waals surface area contributed by atoms with Crippen molar-refractivity contribution in [3.63, 3.8) is 0 Å². The van der Waals surface area contributed by atoms with E-state index >= 15 is 0 Å². The van der Waals surface area contributed by atoms with Crippen LogP contribution in [-0.2, 0) is 4.74 Å². The van der Waals surface area contributed by atoms with Gasteiger partial charge in [-0.2, -0.15) is 0 Å². The lowest BCUT2D eigenvalue weighted by atomic mass is 10.1. The third-order valence-corrected chi connectivity index (χ3v) is 5.85. The average molecular weight is 413 g/mol. The molecule has 1 atom stereocenters. The number of non-ortho nitro benzene ring substituents is 1. The Morgan fingerprint density at radius 1 is 1.34 bits per heavy atom. The number of nitro benzene ring substituents is 1. The molecule has 0 aliphatic carbocycles. The molecule has 0 spiro atoms. The summed E-state index contributed by atoms with van der Waals surface area (Å²) in [5.41, 5.74) is 1.06. The first-order valence-electron chi connectivity index (χ1n) is 9.17. The normalized spacial score (nSPS) is 16.1. The van der Waals surface area contributed by atoms with Crippen LogP contribution in [0, 0.1) is 10.1 Å². The van der Waals surface area contributed by atoms with Crippen molar-refractivity contribution in [1.82, 2.24) is 4.98 Å². The number of nitrogens with zero attached hydrogens (tertiary/aromatic N) is 3. The smallest absolute Gasteiger partial charge is 0.269 e. The molecule has 3 aromatic rings. The number of rotatable bonds is 6. The number of carbonyl (C=O) groups is 1. The Hall–Kier alpha value is -3.04. The molecule has 1 fully saturated rings. The lowest BCUT2D eigenvalue weighted by Crippen LogP contribution is -2.37. The van der Waals surface area contributed by atoms with E-state index in [9.17, 15) is 14.9 Å². The predicted octanol–water partition coefficient (Wildman–Crippen LogP) is 4.04. The summed E-state index contributed by atoms with van der Waals surface area (Å²) in [5, 5.41) is 11.5. The van der Waals surface area contributed by atoms with E-state index in [2.05, 4.69) is 4.98 Å². The van der Waals surface area contributed by atoms with Crippen LogP contribution < -0.4 is 9.64 Å². The average Bonchev–Trinajstić information content (AvgIpc) is 3.40. The monoisotopic (exact) mass is 413 g/mol. The van der Waals surface area contributed by atoms with Gasteiger partial charge in [0.15, 0.2) is 5.13 Å². The van der Waals surface area contributed by atoms with Crippen LogP contribution in [0.1, 0.15) is 23.2 Å². The molecule has 0 saturated carbocycles. The molecule has 1 amide bonds. The van der Waals surface area contributed by atoms with Crippen molar-refractivity contribution in [1.29, 1.82) is 0 Å². The molecule has 2 aromatic carbocycles. The minimum absolute atomic E-state index is 0.0562. The van der Waals surface area contributed by atoms with Crippen molar-refractivity contribution in [2.45, 2.75) is 18.9 Å². The molecular formula is C20H19N3O5S. The number of benzene rings is 2. The Bertz CT molecular complexity index is 1040. The maximum absolute atomic E-state index is 13.3. The Kier molecular flexibility index (Phi) is 5.41. The molecule has 1 aliphatic heterocycles. The van der Waals surface area contributed by atoms with Gasteiger partial charge in [0.25, 0.3) is 11.6 Å². The number of hydrogen-bond acceptors (Lipinski definition) is 7. The summed E-state index contributed by atoms with van der Waals surface area (Å²) in [6.45, 7) is 1.06. The second kappa shape index (κ2) is 8.14. The zero-order chi connectivity index (χ0) is 20.4. The molecule has 4 rings (SSSR count). The molecule has 9 heteroatoms. The highest BCUT2D eigenvalue weighted by molar-refractivity contribution is 7.22. The number of ether oxygens (including phenoxy) is 2. The number of methoxy groups -OCH3 is 1. The second-order valence-corrected chi connectivity index (χ2v) is 7.69. The first-order valence-corrected chi connectivity index (χ1v) is 9.99. The number of anilines is 1. The quantitative estimate of drug-likeness (QED) is 0.447. The van der Waals surface area contributed by atoms with Gasteiger partial charge in [-0.3, -0.25) is 19.8 Å². The van der Waals surface area contributed by atoms with Gasteiger partial charge in [0.05, 0.1) is 34.9 Å². The van der Waals surface area contributed by atoms with E-state index < -0.39 is 4.92 Å². The topological polar surface area (TPSA) is 94.8 Å². The van der Waals surface area contributed by atoms with Crippen LogP contribution in [0.2, 0.25) is 0 Å². The summed E-state index contributed by atoms with van der Waals surface area (Å²) in [7, 11) is 1.59. The summed E-state index contributed by atoms with van der Waals surface area (Å²) in [6.07, 6.45) is 1.78. The summed E-state index contributed by atoms with van der Waals surface area (Å²) < 4.78 is 11.9. The van der Waals surface area contributed by atoms with E-state index in [1.165, 1.54) is 35.6 Å². The third-order valence-electron chi connectivity index (χ3n) is 4.79. The van der Waals surface area contributed by atoms with Gasteiger partial charge in [-0.1, -0.05) is 11.3 Å². The summed E-state index contributed by atoms with van der Waals surface area (Å²) in [4.78, 5) is 29.9. The van der Waals surface area contributed by atoms with Gasteiger partial charge < -0.3 is 9.47 Å². The minimum Gasteiger partial charge on any atom is -0.497 e. The third kappa shape index (κ3) is 4.06. The first-order chi connectivity index (χ1) is 14.0. The van der Waals surface area contributed by atoms with Gasteiger partial charge in [0.1, 0.15) is 5.75 Å². The zero-order valence-electron chi connectivity index (χ0n) is 15.7. The SMILES string of the molecule is COc1ccc2sc(N(CC3CCCO3)C(=O)c3ccc([N+](=O)[O-])cc3)nc2c1. The number of aromatic nitrogens is 1. The Morgan fingerprint density at radius 3 is 2.79 bits per heavy atom.